The summed E-state index contributed by atoms with van der Waals surface area (Å²) in [6, 6.07) is 5.41. The van der Waals surface area contributed by atoms with Crippen molar-refractivity contribution in [1.82, 2.24) is 10.1 Å². The van der Waals surface area contributed by atoms with Crippen molar-refractivity contribution >= 4 is 29.1 Å². The normalized spacial score (nSPS) is 10.8. The van der Waals surface area contributed by atoms with Gasteiger partial charge in [-0.15, -0.1) is 11.8 Å². The average molecular weight is 284 g/mol. The third-order valence-corrected chi connectivity index (χ3v) is 3.61. The lowest BCUT2D eigenvalue weighted by atomic mass is 10.3. The summed E-state index contributed by atoms with van der Waals surface area (Å²) >= 11 is 7.48. The van der Waals surface area contributed by atoms with Gasteiger partial charge in [0.15, 0.2) is 5.82 Å². The van der Waals surface area contributed by atoms with Gasteiger partial charge in [0.1, 0.15) is 0 Å². The van der Waals surface area contributed by atoms with Crippen molar-refractivity contribution in [3.63, 3.8) is 0 Å². The number of anilines is 1. The zero-order valence-electron chi connectivity index (χ0n) is 10.0. The summed E-state index contributed by atoms with van der Waals surface area (Å²) in [5.41, 5.74) is 6.57. The Labute approximate surface area is 115 Å². The zero-order chi connectivity index (χ0) is 13.0. The SMILES string of the molecule is CCCc1nc(CSc2cc(Cl)ccc2N)no1. The predicted molar refractivity (Wildman–Crippen MR) is 73.7 cm³/mol. The van der Waals surface area contributed by atoms with E-state index < -0.39 is 0 Å². The molecular formula is C12H14ClN3OS. The molecule has 0 saturated heterocycles. The van der Waals surface area contributed by atoms with Gasteiger partial charge in [0, 0.05) is 22.0 Å². The van der Waals surface area contributed by atoms with Gasteiger partial charge in [-0.1, -0.05) is 23.7 Å². The minimum absolute atomic E-state index is 0.623. The standard InChI is InChI=1S/C12H14ClN3OS/c1-2-3-12-15-11(16-17-12)7-18-10-6-8(13)4-5-9(10)14/h4-6H,2-3,7,14H2,1H3. The van der Waals surface area contributed by atoms with Gasteiger partial charge in [0.25, 0.3) is 0 Å². The highest BCUT2D eigenvalue weighted by Crippen LogP contribution is 2.29. The van der Waals surface area contributed by atoms with E-state index in [2.05, 4.69) is 17.1 Å². The number of nitrogens with zero attached hydrogens (tertiary/aromatic N) is 2. The number of nitrogens with two attached hydrogens (primary N) is 1. The predicted octanol–water partition coefficient (Wildman–Crippen LogP) is 3.55. The molecule has 0 spiro atoms. The van der Waals surface area contributed by atoms with E-state index in [0.717, 1.165) is 17.7 Å². The fraction of sp³-hybridized carbons (Fsp3) is 0.333. The second kappa shape index (κ2) is 6.11. The molecule has 96 valence electrons. The van der Waals surface area contributed by atoms with E-state index in [1.807, 2.05) is 6.07 Å². The molecule has 1 aromatic heterocycles. The molecule has 0 saturated carbocycles. The van der Waals surface area contributed by atoms with E-state index in [-0.39, 0.29) is 0 Å². The molecular weight excluding hydrogens is 270 g/mol. The lowest BCUT2D eigenvalue weighted by Crippen LogP contribution is -1.90. The number of hydrogen-bond acceptors (Lipinski definition) is 5. The van der Waals surface area contributed by atoms with Crippen molar-refractivity contribution < 1.29 is 4.52 Å². The molecule has 2 rings (SSSR count). The van der Waals surface area contributed by atoms with Crippen LogP contribution in [0.2, 0.25) is 5.02 Å². The molecule has 1 heterocycles. The molecule has 0 radical (unpaired) electrons. The molecule has 4 nitrogen and oxygen atoms in total. The van der Waals surface area contributed by atoms with E-state index in [1.54, 1.807) is 23.9 Å². The fourth-order valence-electron chi connectivity index (χ4n) is 1.44. The Balaban J connectivity index is 1.99. The lowest BCUT2D eigenvalue weighted by molar-refractivity contribution is 0.373. The molecule has 0 amide bonds. The van der Waals surface area contributed by atoms with Crippen LogP contribution in [0.3, 0.4) is 0 Å². The molecule has 0 aliphatic rings. The maximum atomic E-state index is 5.93. The van der Waals surface area contributed by atoms with Crippen molar-refractivity contribution in [3.8, 4) is 0 Å². The highest BCUT2D eigenvalue weighted by molar-refractivity contribution is 7.98. The number of thioether (sulfide) groups is 1. The summed E-state index contributed by atoms with van der Waals surface area (Å²) in [7, 11) is 0. The fourth-order valence-corrected chi connectivity index (χ4v) is 2.52. The third-order valence-electron chi connectivity index (χ3n) is 2.31. The number of aromatic nitrogens is 2. The third kappa shape index (κ3) is 3.40. The molecule has 0 fully saturated rings. The number of benzene rings is 1. The minimum Gasteiger partial charge on any atom is -0.398 e. The first-order valence-electron chi connectivity index (χ1n) is 5.68. The van der Waals surface area contributed by atoms with Crippen LogP contribution in [0.25, 0.3) is 0 Å². The number of hydrogen-bond donors (Lipinski definition) is 1. The second-order valence-electron chi connectivity index (χ2n) is 3.83. The summed E-state index contributed by atoms with van der Waals surface area (Å²) in [5.74, 6) is 1.99. The van der Waals surface area contributed by atoms with Gasteiger partial charge in [0.2, 0.25) is 5.89 Å². The minimum atomic E-state index is 0.623. The summed E-state index contributed by atoms with van der Waals surface area (Å²) in [6.07, 6.45) is 1.81. The Morgan fingerprint density at radius 2 is 2.28 bits per heavy atom. The van der Waals surface area contributed by atoms with E-state index in [1.165, 1.54) is 0 Å². The van der Waals surface area contributed by atoms with E-state index in [0.29, 0.717) is 28.2 Å². The van der Waals surface area contributed by atoms with Crippen LogP contribution >= 0.6 is 23.4 Å². The number of aryl methyl sites for hydroxylation is 1. The van der Waals surface area contributed by atoms with Crippen molar-refractivity contribution in [2.45, 2.75) is 30.4 Å². The summed E-state index contributed by atoms with van der Waals surface area (Å²) in [5, 5.41) is 4.59. The maximum Gasteiger partial charge on any atom is 0.226 e. The van der Waals surface area contributed by atoms with Gasteiger partial charge < -0.3 is 10.3 Å². The van der Waals surface area contributed by atoms with Crippen LogP contribution in [0.5, 0.6) is 0 Å². The van der Waals surface area contributed by atoms with Crippen LogP contribution in [-0.2, 0) is 12.2 Å². The molecule has 2 N–H and O–H groups in total. The van der Waals surface area contributed by atoms with Gasteiger partial charge in [-0.3, -0.25) is 0 Å². The first kappa shape index (κ1) is 13.2. The lowest BCUT2D eigenvalue weighted by Gasteiger charge is -2.03. The molecule has 18 heavy (non-hydrogen) atoms. The monoisotopic (exact) mass is 283 g/mol. The Morgan fingerprint density at radius 3 is 3.06 bits per heavy atom. The molecule has 0 bridgehead atoms. The summed E-state index contributed by atoms with van der Waals surface area (Å²) in [6.45, 7) is 2.07. The van der Waals surface area contributed by atoms with E-state index in [9.17, 15) is 0 Å². The van der Waals surface area contributed by atoms with Gasteiger partial charge in [0.05, 0.1) is 5.75 Å². The first-order chi connectivity index (χ1) is 8.69. The van der Waals surface area contributed by atoms with Gasteiger partial charge in [-0.25, -0.2) is 0 Å². The van der Waals surface area contributed by atoms with E-state index in [4.69, 9.17) is 21.9 Å². The maximum absolute atomic E-state index is 5.93. The number of rotatable bonds is 5. The van der Waals surface area contributed by atoms with Crippen molar-refractivity contribution in [2.24, 2.45) is 0 Å². The van der Waals surface area contributed by atoms with Gasteiger partial charge >= 0.3 is 0 Å². The van der Waals surface area contributed by atoms with Crippen LogP contribution in [0, 0.1) is 0 Å². The quantitative estimate of drug-likeness (QED) is 0.671. The number of nitrogen functional groups attached to an aromatic ring is 1. The van der Waals surface area contributed by atoms with Crippen molar-refractivity contribution in [1.29, 1.82) is 0 Å². The molecule has 1 aromatic carbocycles. The van der Waals surface area contributed by atoms with E-state index >= 15 is 0 Å². The van der Waals surface area contributed by atoms with Gasteiger partial charge in [-0.2, -0.15) is 4.98 Å². The zero-order valence-corrected chi connectivity index (χ0v) is 11.6. The van der Waals surface area contributed by atoms with Crippen LogP contribution in [0.1, 0.15) is 25.1 Å². The highest BCUT2D eigenvalue weighted by Gasteiger charge is 2.07. The molecule has 6 heteroatoms. The molecule has 2 aromatic rings. The van der Waals surface area contributed by atoms with Crippen LogP contribution in [0.15, 0.2) is 27.6 Å². The largest absolute Gasteiger partial charge is 0.398 e. The van der Waals surface area contributed by atoms with Crippen LogP contribution < -0.4 is 5.73 Å². The highest BCUT2D eigenvalue weighted by atomic mass is 35.5. The Bertz CT molecular complexity index is 530. The molecule has 0 aliphatic heterocycles. The van der Waals surface area contributed by atoms with Gasteiger partial charge in [-0.05, 0) is 24.6 Å². The first-order valence-corrected chi connectivity index (χ1v) is 7.04. The summed E-state index contributed by atoms with van der Waals surface area (Å²) < 4.78 is 5.12. The molecule has 0 aliphatic carbocycles. The second-order valence-corrected chi connectivity index (χ2v) is 5.28. The summed E-state index contributed by atoms with van der Waals surface area (Å²) in [4.78, 5) is 5.23. The van der Waals surface area contributed by atoms with Crippen molar-refractivity contribution in [3.05, 3.63) is 34.9 Å². The topological polar surface area (TPSA) is 64.9 Å². The Hall–Kier alpha value is -1.20. The van der Waals surface area contributed by atoms with Crippen LogP contribution in [0.4, 0.5) is 5.69 Å². The smallest absolute Gasteiger partial charge is 0.226 e. The van der Waals surface area contributed by atoms with Crippen molar-refractivity contribution in [2.75, 3.05) is 5.73 Å². The molecule has 0 atom stereocenters. The average Bonchev–Trinajstić information content (AvgIpc) is 2.79. The Morgan fingerprint density at radius 1 is 1.44 bits per heavy atom. The van der Waals surface area contributed by atoms with Crippen LogP contribution in [-0.4, -0.2) is 10.1 Å². The number of halogens is 1. The Kier molecular flexibility index (Phi) is 4.49. The molecule has 0 unspecified atom stereocenters.